The second kappa shape index (κ2) is 9.67. The Kier molecular flexibility index (Phi) is 6.32. The van der Waals surface area contributed by atoms with Crippen LogP contribution in [0.1, 0.15) is 56.6 Å². The molecule has 1 amide bonds. The van der Waals surface area contributed by atoms with Crippen molar-refractivity contribution < 1.29 is 9.53 Å². The lowest BCUT2D eigenvalue weighted by molar-refractivity contribution is -0.133. The zero-order chi connectivity index (χ0) is 21.8. The van der Waals surface area contributed by atoms with E-state index >= 15 is 0 Å². The number of benzene rings is 1. The molecule has 1 aliphatic carbocycles. The molecule has 3 aromatic rings. The molecule has 2 aromatic heterocycles. The van der Waals surface area contributed by atoms with E-state index < -0.39 is 0 Å². The van der Waals surface area contributed by atoms with Gasteiger partial charge in [-0.3, -0.25) is 4.79 Å². The van der Waals surface area contributed by atoms with Gasteiger partial charge in [-0.2, -0.15) is 5.10 Å². The van der Waals surface area contributed by atoms with Gasteiger partial charge in [0.05, 0.1) is 12.2 Å². The number of amides is 1. The molecule has 0 N–H and O–H groups in total. The third kappa shape index (κ3) is 4.61. The number of para-hydroxylation sites is 1. The molecule has 2 fully saturated rings. The number of hydrogen-bond acceptors (Lipinski definition) is 5. The SMILES string of the molecule is O=C(CC1CCCC1)N1CCC[C@@H](c2nn(CCOc3ccccc3)c3nccnc23)C1. The Morgan fingerprint density at radius 1 is 1.03 bits per heavy atom. The molecule has 0 unspecified atom stereocenters. The van der Waals surface area contributed by atoms with E-state index in [2.05, 4.69) is 14.9 Å². The van der Waals surface area contributed by atoms with Crippen LogP contribution in [0.5, 0.6) is 5.75 Å². The Labute approximate surface area is 188 Å². The van der Waals surface area contributed by atoms with Gasteiger partial charge in [-0.15, -0.1) is 0 Å². The highest BCUT2D eigenvalue weighted by molar-refractivity contribution is 5.77. The van der Waals surface area contributed by atoms with Crippen LogP contribution in [0.4, 0.5) is 0 Å². The summed E-state index contributed by atoms with van der Waals surface area (Å²) in [5.41, 5.74) is 2.60. The van der Waals surface area contributed by atoms with Gasteiger partial charge >= 0.3 is 0 Å². The van der Waals surface area contributed by atoms with Crippen LogP contribution in [0.3, 0.4) is 0 Å². The molecular formula is C25H31N5O2. The number of hydrogen-bond donors (Lipinski definition) is 0. The molecule has 2 aliphatic rings. The third-order valence-corrected chi connectivity index (χ3v) is 6.81. The molecule has 7 heteroatoms. The number of fused-ring (bicyclic) bond motifs is 1. The van der Waals surface area contributed by atoms with Crippen LogP contribution in [0, 0.1) is 5.92 Å². The maximum absolute atomic E-state index is 12.9. The molecule has 1 atom stereocenters. The highest BCUT2D eigenvalue weighted by Crippen LogP contribution is 2.32. The van der Waals surface area contributed by atoms with E-state index in [1.807, 2.05) is 35.0 Å². The van der Waals surface area contributed by atoms with Crippen LogP contribution >= 0.6 is 0 Å². The van der Waals surface area contributed by atoms with Crippen LogP contribution in [-0.4, -0.2) is 50.3 Å². The first-order valence-electron chi connectivity index (χ1n) is 11.9. The third-order valence-electron chi connectivity index (χ3n) is 6.81. The fraction of sp³-hybridized carbons (Fsp3) is 0.520. The first-order chi connectivity index (χ1) is 15.8. The van der Waals surface area contributed by atoms with Crippen molar-refractivity contribution in [3.8, 4) is 5.75 Å². The average molecular weight is 434 g/mol. The molecular weight excluding hydrogens is 402 g/mol. The van der Waals surface area contributed by atoms with E-state index in [1.54, 1.807) is 12.4 Å². The zero-order valence-corrected chi connectivity index (χ0v) is 18.5. The number of piperidine rings is 1. The summed E-state index contributed by atoms with van der Waals surface area (Å²) in [5, 5.41) is 4.91. The van der Waals surface area contributed by atoms with Crippen LogP contribution in [0.15, 0.2) is 42.7 Å². The smallest absolute Gasteiger partial charge is 0.222 e. The lowest BCUT2D eigenvalue weighted by atomic mass is 9.93. The second-order valence-corrected chi connectivity index (χ2v) is 9.03. The largest absolute Gasteiger partial charge is 0.492 e. The number of aromatic nitrogens is 4. The summed E-state index contributed by atoms with van der Waals surface area (Å²) in [6.07, 6.45) is 11.1. The maximum atomic E-state index is 12.9. The van der Waals surface area contributed by atoms with E-state index in [9.17, 15) is 4.79 Å². The van der Waals surface area contributed by atoms with E-state index in [0.29, 0.717) is 31.4 Å². The molecule has 1 saturated heterocycles. The molecule has 5 rings (SSSR count). The standard InChI is InChI=1S/C25H31N5O2/c31-22(17-19-7-4-5-8-19)29-14-6-9-20(18-29)23-24-25(27-13-12-26-24)30(28-23)15-16-32-21-10-2-1-3-11-21/h1-3,10-13,19-20H,4-9,14-18H2/t20-/m1/s1. The van der Waals surface area contributed by atoms with Crippen molar-refractivity contribution in [3.63, 3.8) is 0 Å². The van der Waals surface area contributed by atoms with Crippen molar-refractivity contribution in [3.05, 3.63) is 48.4 Å². The Morgan fingerprint density at radius 2 is 1.84 bits per heavy atom. The van der Waals surface area contributed by atoms with E-state index in [-0.39, 0.29) is 5.92 Å². The summed E-state index contributed by atoms with van der Waals surface area (Å²) in [5.74, 6) is 1.94. The van der Waals surface area contributed by atoms with Gasteiger partial charge in [0, 0.05) is 37.8 Å². The summed E-state index contributed by atoms with van der Waals surface area (Å²) in [4.78, 5) is 24.1. The number of likely N-dealkylation sites (tertiary alicyclic amines) is 1. The maximum Gasteiger partial charge on any atom is 0.222 e. The Hall–Kier alpha value is -2.96. The molecule has 1 saturated carbocycles. The second-order valence-electron chi connectivity index (χ2n) is 9.03. The summed E-state index contributed by atoms with van der Waals surface area (Å²) in [6, 6.07) is 9.80. The van der Waals surface area contributed by atoms with Gasteiger partial charge in [0.2, 0.25) is 5.91 Å². The Bertz CT molecular complexity index is 1040. The minimum Gasteiger partial charge on any atom is -0.492 e. The number of carbonyl (C=O) groups excluding carboxylic acids is 1. The van der Waals surface area contributed by atoms with Crippen molar-refractivity contribution in [2.75, 3.05) is 19.7 Å². The first-order valence-corrected chi connectivity index (χ1v) is 11.9. The zero-order valence-electron chi connectivity index (χ0n) is 18.5. The van der Waals surface area contributed by atoms with Crippen molar-refractivity contribution in [2.45, 2.75) is 57.4 Å². The van der Waals surface area contributed by atoms with Gasteiger partial charge < -0.3 is 9.64 Å². The fourth-order valence-corrected chi connectivity index (χ4v) is 5.14. The molecule has 1 aliphatic heterocycles. The number of carbonyl (C=O) groups is 1. The molecule has 7 nitrogen and oxygen atoms in total. The van der Waals surface area contributed by atoms with Crippen LogP contribution in [-0.2, 0) is 11.3 Å². The number of nitrogens with zero attached hydrogens (tertiary/aromatic N) is 5. The molecule has 168 valence electrons. The quantitative estimate of drug-likeness (QED) is 0.559. The normalized spacial score (nSPS) is 19.5. The number of rotatable bonds is 7. The summed E-state index contributed by atoms with van der Waals surface area (Å²) in [7, 11) is 0. The first kappa shape index (κ1) is 20.9. The fourth-order valence-electron chi connectivity index (χ4n) is 5.14. The molecule has 0 spiro atoms. The van der Waals surface area contributed by atoms with Crippen molar-refractivity contribution >= 4 is 17.1 Å². The highest BCUT2D eigenvalue weighted by Gasteiger charge is 2.30. The molecule has 1 aromatic carbocycles. The Morgan fingerprint density at radius 3 is 2.69 bits per heavy atom. The predicted octanol–water partition coefficient (Wildman–Crippen LogP) is 4.19. The average Bonchev–Trinajstić information content (AvgIpc) is 3.48. The van der Waals surface area contributed by atoms with Crippen LogP contribution < -0.4 is 4.74 Å². The van der Waals surface area contributed by atoms with Gasteiger partial charge in [-0.1, -0.05) is 31.0 Å². The van der Waals surface area contributed by atoms with Crippen molar-refractivity contribution in [1.29, 1.82) is 0 Å². The van der Waals surface area contributed by atoms with Gasteiger partial charge in [0.25, 0.3) is 0 Å². The number of ether oxygens (including phenoxy) is 1. The topological polar surface area (TPSA) is 73.1 Å². The van der Waals surface area contributed by atoms with Gasteiger partial charge in [0.15, 0.2) is 5.65 Å². The Balaban J connectivity index is 1.29. The van der Waals surface area contributed by atoms with E-state index in [4.69, 9.17) is 9.84 Å². The lowest BCUT2D eigenvalue weighted by Crippen LogP contribution is -2.39. The predicted molar refractivity (Wildman–Crippen MR) is 122 cm³/mol. The van der Waals surface area contributed by atoms with Gasteiger partial charge in [-0.05, 0) is 43.7 Å². The van der Waals surface area contributed by atoms with Gasteiger partial charge in [-0.25, -0.2) is 14.6 Å². The minimum atomic E-state index is 0.201. The monoisotopic (exact) mass is 433 g/mol. The highest BCUT2D eigenvalue weighted by atomic mass is 16.5. The van der Waals surface area contributed by atoms with E-state index in [0.717, 1.165) is 48.5 Å². The van der Waals surface area contributed by atoms with Crippen molar-refractivity contribution in [1.82, 2.24) is 24.6 Å². The van der Waals surface area contributed by atoms with Crippen LogP contribution in [0.2, 0.25) is 0 Å². The molecule has 0 bridgehead atoms. The molecule has 32 heavy (non-hydrogen) atoms. The van der Waals surface area contributed by atoms with Gasteiger partial charge in [0.1, 0.15) is 17.9 Å². The minimum absolute atomic E-state index is 0.201. The molecule has 3 heterocycles. The summed E-state index contributed by atoms with van der Waals surface area (Å²) < 4.78 is 7.77. The lowest BCUT2D eigenvalue weighted by Gasteiger charge is -2.32. The van der Waals surface area contributed by atoms with Crippen LogP contribution in [0.25, 0.3) is 11.2 Å². The summed E-state index contributed by atoms with van der Waals surface area (Å²) >= 11 is 0. The van der Waals surface area contributed by atoms with E-state index in [1.165, 1.54) is 25.7 Å². The summed E-state index contributed by atoms with van der Waals surface area (Å²) in [6.45, 7) is 2.70. The molecule has 0 radical (unpaired) electrons. The van der Waals surface area contributed by atoms with Crippen molar-refractivity contribution in [2.24, 2.45) is 5.92 Å².